The standard InChI is InChI=1S/C11H24O.C7H11NO2.C5H11NO/c1-6-8-11(4,5)12-9-7-10(2)3;1-4(2)5-3-6(9)8-7(5)10;1-5(2)3-6-4-7/h10H,6-9H2,1-5H3;4-5H,3H2,1-2H3,(H,8,9,10);4-5H,3H2,1-2H3,(H,6,7). The second-order valence-corrected chi connectivity index (χ2v) is 9.43. The summed E-state index contributed by atoms with van der Waals surface area (Å²) in [5.74, 6) is 1.25. The largest absolute Gasteiger partial charge is 0.376 e. The van der Waals surface area contributed by atoms with E-state index in [0.717, 1.165) is 31.9 Å². The Balaban J connectivity index is 0. The molecule has 1 saturated heterocycles. The van der Waals surface area contributed by atoms with Crippen molar-refractivity contribution in [3.8, 4) is 0 Å². The third-order valence-corrected chi connectivity index (χ3v) is 4.46. The summed E-state index contributed by atoms with van der Waals surface area (Å²) in [5.41, 5.74) is 0.0869. The lowest BCUT2D eigenvalue weighted by atomic mass is 9.95. The molecule has 172 valence electrons. The maximum Gasteiger partial charge on any atom is 0.230 e. The number of carbonyl (C=O) groups excluding carboxylic acids is 3. The van der Waals surface area contributed by atoms with Crippen LogP contribution >= 0.6 is 0 Å². The van der Waals surface area contributed by atoms with Crippen molar-refractivity contribution in [2.24, 2.45) is 23.7 Å². The first kappa shape index (κ1) is 29.8. The van der Waals surface area contributed by atoms with E-state index in [-0.39, 0.29) is 29.3 Å². The van der Waals surface area contributed by atoms with E-state index in [1.165, 1.54) is 12.8 Å². The number of amides is 3. The summed E-state index contributed by atoms with van der Waals surface area (Å²) in [6, 6.07) is 0. The van der Waals surface area contributed by atoms with E-state index in [1.807, 2.05) is 13.8 Å². The first-order chi connectivity index (χ1) is 13.4. The minimum atomic E-state index is -0.135. The number of rotatable bonds is 10. The van der Waals surface area contributed by atoms with Gasteiger partial charge in [0, 0.05) is 25.5 Å². The van der Waals surface area contributed by atoms with E-state index in [0.29, 0.717) is 12.3 Å². The molecule has 1 rings (SSSR count). The summed E-state index contributed by atoms with van der Waals surface area (Å²) in [7, 11) is 0. The second kappa shape index (κ2) is 16.4. The van der Waals surface area contributed by atoms with Crippen molar-refractivity contribution in [1.82, 2.24) is 10.6 Å². The molecule has 1 unspecified atom stereocenters. The van der Waals surface area contributed by atoms with Crippen LogP contribution in [0.15, 0.2) is 0 Å². The quantitative estimate of drug-likeness (QED) is 0.412. The van der Waals surface area contributed by atoms with Gasteiger partial charge in [0.15, 0.2) is 0 Å². The van der Waals surface area contributed by atoms with E-state index in [1.54, 1.807) is 0 Å². The summed E-state index contributed by atoms with van der Waals surface area (Å²) in [6.07, 6.45) is 4.63. The molecule has 0 aliphatic carbocycles. The zero-order chi connectivity index (χ0) is 23.0. The predicted molar refractivity (Wildman–Crippen MR) is 119 cm³/mol. The van der Waals surface area contributed by atoms with Crippen LogP contribution in [0.2, 0.25) is 0 Å². The molecule has 0 spiro atoms. The molecule has 1 aliphatic heterocycles. The smallest absolute Gasteiger partial charge is 0.230 e. The fraction of sp³-hybridized carbons (Fsp3) is 0.870. The SMILES string of the molecule is CC(C)C1CC(=O)NC1=O.CC(C)CNC=O.CCCC(C)(C)OCCC(C)C. The highest BCUT2D eigenvalue weighted by Gasteiger charge is 2.32. The van der Waals surface area contributed by atoms with E-state index < -0.39 is 0 Å². The molecule has 1 atom stereocenters. The topological polar surface area (TPSA) is 84.5 Å². The highest BCUT2D eigenvalue weighted by Crippen LogP contribution is 2.19. The molecule has 0 aromatic heterocycles. The van der Waals surface area contributed by atoms with Crippen LogP contribution < -0.4 is 10.6 Å². The molecule has 0 saturated carbocycles. The lowest BCUT2D eigenvalue weighted by Gasteiger charge is -2.25. The highest BCUT2D eigenvalue weighted by molar-refractivity contribution is 6.03. The predicted octanol–water partition coefficient (Wildman–Crippen LogP) is 4.32. The maximum atomic E-state index is 10.9. The van der Waals surface area contributed by atoms with Gasteiger partial charge in [-0.2, -0.15) is 0 Å². The molecule has 6 heteroatoms. The number of hydrogen-bond acceptors (Lipinski definition) is 4. The number of hydrogen-bond donors (Lipinski definition) is 2. The van der Waals surface area contributed by atoms with Crippen molar-refractivity contribution in [3.63, 3.8) is 0 Å². The Morgan fingerprint density at radius 2 is 1.72 bits per heavy atom. The molecule has 6 nitrogen and oxygen atoms in total. The fourth-order valence-electron chi connectivity index (χ4n) is 2.64. The van der Waals surface area contributed by atoms with Crippen molar-refractivity contribution in [2.45, 2.75) is 93.6 Å². The lowest BCUT2D eigenvalue weighted by Crippen LogP contribution is -2.24. The average Bonchev–Trinajstić information content (AvgIpc) is 2.92. The summed E-state index contributed by atoms with van der Waals surface area (Å²) in [4.78, 5) is 31.1. The number of carbonyl (C=O) groups is 3. The van der Waals surface area contributed by atoms with Crippen molar-refractivity contribution in [2.75, 3.05) is 13.2 Å². The normalized spacial score (nSPS) is 16.2. The molecule has 1 aliphatic rings. The number of imide groups is 1. The van der Waals surface area contributed by atoms with Crippen LogP contribution in [0.5, 0.6) is 0 Å². The molecule has 1 heterocycles. The fourth-order valence-corrected chi connectivity index (χ4v) is 2.64. The Morgan fingerprint density at radius 1 is 1.14 bits per heavy atom. The molecule has 2 N–H and O–H groups in total. The first-order valence-electron chi connectivity index (χ1n) is 11.0. The summed E-state index contributed by atoms with van der Waals surface area (Å²) < 4.78 is 5.78. The van der Waals surface area contributed by atoms with Crippen LogP contribution in [0.25, 0.3) is 0 Å². The Kier molecular flexibility index (Phi) is 16.8. The van der Waals surface area contributed by atoms with Gasteiger partial charge in [-0.05, 0) is 44.4 Å². The zero-order valence-corrected chi connectivity index (χ0v) is 20.3. The van der Waals surface area contributed by atoms with Crippen LogP contribution in [0.4, 0.5) is 0 Å². The van der Waals surface area contributed by atoms with Gasteiger partial charge in [-0.1, -0.05) is 54.9 Å². The maximum absolute atomic E-state index is 10.9. The van der Waals surface area contributed by atoms with Gasteiger partial charge in [-0.25, -0.2) is 0 Å². The molecule has 3 amide bonds. The molecule has 0 aromatic rings. The Morgan fingerprint density at radius 3 is 2.00 bits per heavy atom. The molecular weight excluding hydrogens is 368 g/mol. The van der Waals surface area contributed by atoms with E-state index in [2.05, 4.69) is 59.1 Å². The van der Waals surface area contributed by atoms with Crippen LogP contribution in [0.1, 0.15) is 88.0 Å². The van der Waals surface area contributed by atoms with Gasteiger partial charge in [0.25, 0.3) is 0 Å². The Bertz CT molecular complexity index is 460. The molecule has 0 aromatic carbocycles. The summed E-state index contributed by atoms with van der Waals surface area (Å²) in [6.45, 7) is 20.7. The van der Waals surface area contributed by atoms with Gasteiger partial charge in [0.05, 0.1) is 5.60 Å². The molecule has 0 radical (unpaired) electrons. The van der Waals surface area contributed by atoms with Crippen molar-refractivity contribution >= 4 is 18.2 Å². The summed E-state index contributed by atoms with van der Waals surface area (Å²) in [5, 5.41) is 4.84. The van der Waals surface area contributed by atoms with Crippen LogP contribution in [0.3, 0.4) is 0 Å². The first-order valence-corrected chi connectivity index (χ1v) is 11.0. The van der Waals surface area contributed by atoms with Crippen LogP contribution in [0, 0.1) is 23.7 Å². The number of nitrogens with one attached hydrogen (secondary N) is 2. The average molecular weight is 415 g/mol. The number of ether oxygens (including phenoxy) is 1. The molecular formula is C23H46N2O4. The zero-order valence-electron chi connectivity index (χ0n) is 20.3. The monoisotopic (exact) mass is 414 g/mol. The summed E-state index contributed by atoms with van der Waals surface area (Å²) >= 11 is 0. The molecule has 0 bridgehead atoms. The molecule has 1 fully saturated rings. The lowest BCUT2D eigenvalue weighted by molar-refractivity contribution is -0.126. The third-order valence-electron chi connectivity index (χ3n) is 4.46. The van der Waals surface area contributed by atoms with E-state index in [9.17, 15) is 14.4 Å². The minimum absolute atomic E-state index is 0.0869. The van der Waals surface area contributed by atoms with Crippen LogP contribution in [-0.4, -0.2) is 37.0 Å². The van der Waals surface area contributed by atoms with Crippen LogP contribution in [-0.2, 0) is 19.1 Å². The van der Waals surface area contributed by atoms with Gasteiger partial charge in [0.1, 0.15) is 0 Å². The molecule has 29 heavy (non-hydrogen) atoms. The third kappa shape index (κ3) is 18.3. The van der Waals surface area contributed by atoms with Crippen molar-refractivity contribution in [1.29, 1.82) is 0 Å². The van der Waals surface area contributed by atoms with Gasteiger partial charge in [-0.3, -0.25) is 19.7 Å². The minimum Gasteiger partial charge on any atom is -0.376 e. The Hall–Kier alpha value is -1.43. The van der Waals surface area contributed by atoms with E-state index in [4.69, 9.17) is 4.74 Å². The van der Waals surface area contributed by atoms with Gasteiger partial charge >= 0.3 is 0 Å². The highest BCUT2D eigenvalue weighted by atomic mass is 16.5. The van der Waals surface area contributed by atoms with Gasteiger partial charge in [0.2, 0.25) is 18.2 Å². The van der Waals surface area contributed by atoms with Crippen molar-refractivity contribution < 1.29 is 19.1 Å². The Labute approximate surface area is 178 Å². The van der Waals surface area contributed by atoms with E-state index >= 15 is 0 Å². The second-order valence-electron chi connectivity index (χ2n) is 9.43. The van der Waals surface area contributed by atoms with Crippen molar-refractivity contribution in [3.05, 3.63) is 0 Å². The van der Waals surface area contributed by atoms with Gasteiger partial charge < -0.3 is 10.1 Å². The van der Waals surface area contributed by atoms with Gasteiger partial charge in [-0.15, -0.1) is 0 Å².